The van der Waals surface area contributed by atoms with Crippen molar-refractivity contribution in [1.29, 1.82) is 0 Å². The summed E-state index contributed by atoms with van der Waals surface area (Å²) in [6.45, 7) is 3.76. The van der Waals surface area contributed by atoms with Crippen molar-refractivity contribution in [3.8, 4) is 0 Å². The van der Waals surface area contributed by atoms with Crippen LogP contribution in [0.3, 0.4) is 0 Å². The summed E-state index contributed by atoms with van der Waals surface area (Å²) in [5.41, 5.74) is 0.106. The first-order chi connectivity index (χ1) is 8.96. The van der Waals surface area contributed by atoms with Crippen LogP contribution in [0.15, 0.2) is 0 Å². The van der Waals surface area contributed by atoms with Crippen molar-refractivity contribution < 1.29 is 18.1 Å². The normalized spacial score (nSPS) is 21.1. The van der Waals surface area contributed by atoms with E-state index in [1.807, 2.05) is 0 Å². The monoisotopic (exact) mass is 306 g/mol. The molecule has 1 unspecified atom stereocenters. The van der Waals surface area contributed by atoms with Gasteiger partial charge >= 0.3 is 8.80 Å². The number of thioether (sulfide) groups is 1. The van der Waals surface area contributed by atoms with Crippen LogP contribution in [0.2, 0.25) is 5.54 Å². The zero-order valence-corrected chi connectivity index (χ0v) is 14.5. The Labute approximate surface area is 121 Å². The molecule has 0 N–H and O–H groups in total. The van der Waals surface area contributed by atoms with Crippen LogP contribution in [0.1, 0.15) is 46.0 Å². The quantitative estimate of drug-likeness (QED) is 0.705. The molecule has 0 spiro atoms. The predicted molar refractivity (Wildman–Crippen MR) is 80.3 cm³/mol. The number of hydrogen-bond donors (Lipinski definition) is 0. The zero-order valence-electron chi connectivity index (χ0n) is 12.7. The molecule has 1 fully saturated rings. The molecular formula is C13H26O4SSi. The molecule has 0 aromatic carbocycles. The van der Waals surface area contributed by atoms with Gasteiger partial charge in [0.1, 0.15) is 0 Å². The van der Waals surface area contributed by atoms with Crippen LogP contribution in [0.4, 0.5) is 0 Å². The van der Waals surface area contributed by atoms with E-state index in [1.165, 1.54) is 18.2 Å². The highest BCUT2D eigenvalue weighted by Crippen LogP contribution is 2.52. The van der Waals surface area contributed by atoms with Gasteiger partial charge in [-0.15, -0.1) is 0 Å². The lowest BCUT2D eigenvalue weighted by molar-refractivity contribution is -0.109. The van der Waals surface area contributed by atoms with E-state index >= 15 is 0 Å². The number of carbonyl (C=O) groups excluding carboxylic acids is 1. The van der Waals surface area contributed by atoms with Crippen LogP contribution in [-0.2, 0) is 18.1 Å². The molecule has 0 aromatic heterocycles. The van der Waals surface area contributed by atoms with Crippen molar-refractivity contribution in [3.63, 3.8) is 0 Å². The van der Waals surface area contributed by atoms with Crippen molar-refractivity contribution in [2.75, 3.05) is 21.3 Å². The third-order valence-electron chi connectivity index (χ3n) is 4.22. The Morgan fingerprint density at radius 2 is 1.58 bits per heavy atom. The molecule has 19 heavy (non-hydrogen) atoms. The Kier molecular flexibility index (Phi) is 6.52. The first-order valence-electron chi connectivity index (χ1n) is 6.81. The van der Waals surface area contributed by atoms with Crippen LogP contribution < -0.4 is 0 Å². The maximum Gasteiger partial charge on any atom is 0.504 e. The highest BCUT2D eigenvalue weighted by atomic mass is 32.2. The second-order valence-corrected chi connectivity index (χ2v) is 10.0. The molecule has 1 atom stereocenters. The Balaban J connectivity index is 3.04. The summed E-state index contributed by atoms with van der Waals surface area (Å²) in [4.78, 5) is 11.7. The summed E-state index contributed by atoms with van der Waals surface area (Å²) < 4.78 is 16.8. The van der Waals surface area contributed by atoms with Crippen LogP contribution >= 0.6 is 11.8 Å². The van der Waals surface area contributed by atoms with Crippen molar-refractivity contribution in [2.45, 2.75) is 56.2 Å². The molecule has 1 rings (SSSR count). The highest BCUT2D eigenvalue weighted by Gasteiger charge is 2.56. The van der Waals surface area contributed by atoms with E-state index in [2.05, 4.69) is 6.92 Å². The molecule has 4 nitrogen and oxygen atoms in total. The van der Waals surface area contributed by atoms with Crippen LogP contribution in [0, 0.1) is 0 Å². The molecular weight excluding hydrogens is 280 g/mol. The molecule has 0 saturated heterocycles. The van der Waals surface area contributed by atoms with Crippen molar-refractivity contribution in [1.82, 2.24) is 0 Å². The summed E-state index contributed by atoms with van der Waals surface area (Å²) in [5, 5.41) is 0.167. The van der Waals surface area contributed by atoms with Crippen molar-refractivity contribution in [3.05, 3.63) is 0 Å². The van der Waals surface area contributed by atoms with E-state index in [1.54, 1.807) is 28.3 Å². The van der Waals surface area contributed by atoms with E-state index in [9.17, 15) is 4.79 Å². The topological polar surface area (TPSA) is 44.8 Å². The van der Waals surface area contributed by atoms with Crippen molar-refractivity contribution in [2.24, 2.45) is 0 Å². The molecule has 0 radical (unpaired) electrons. The molecule has 0 amide bonds. The van der Waals surface area contributed by atoms with Gasteiger partial charge in [0.15, 0.2) is 5.12 Å². The maximum absolute atomic E-state index is 11.7. The maximum atomic E-state index is 11.7. The summed E-state index contributed by atoms with van der Waals surface area (Å²) in [5.74, 6) is 0. The van der Waals surface area contributed by atoms with E-state index in [0.29, 0.717) is 0 Å². The molecule has 0 bridgehead atoms. The molecule has 1 aliphatic rings. The number of hydrogen-bond acceptors (Lipinski definition) is 5. The van der Waals surface area contributed by atoms with Gasteiger partial charge < -0.3 is 13.3 Å². The van der Waals surface area contributed by atoms with Gasteiger partial charge in [0.2, 0.25) is 0 Å². The Bertz CT molecular complexity index is 293. The Morgan fingerprint density at radius 1 is 1.11 bits per heavy atom. The Morgan fingerprint density at radius 3 is 1.95 bits per heavy atom. The second-order valence-electron chi connectivity index (χ2n) is 5.16. The van der Waals surface area contributed by atoms with E-state index in [-0.39, 0.29) is 15.4 Å². The molecule has 0 aliphatic heterocycles. The minimum Gasteiger partial charge on any atom is -0.377 e. The SMILES string of the molecule is CO[Si](OC)(OC)C(C)C1(SC(C)=O)CCCCC1. The largest absolute Gasteiger partial charge is 0.504 e. The van der Waals surface area contributed by atoms with Gasteiger partial charge in [-0.25, -0.2) is 0 Å². The first-order valence-corrected chi connectivity index (χ1v) is 9.43. The molecule has 1 aliphatic carbocycles. The lowest BCUT2D eigenvalue weighted by Gasteiger charge is -2.45. The van der Waals surface area contributed by atoms with Gasteiger partial charge in [-0.05, 0) is 12.8 Å². The minimum absolute atomic E-state index is 0.0989. The van der Waals surface area contributed by atoms with Gasteiger partial charge in [-0.1, -0.05) is 37.9 Å². The lowest BCUT2D eigenvalue weighted by atomic mass is 9.86. The Hall–Kier alpha value is 0.117. The fourth-order valence-corrected chi connectivity index (χ4v) is 7.51. The van der Waals surface area contributed by atoms with Crippen molar-refractivity contribution >= 4 is 25.7 Å². The summed E-state index contributed by atoms with van der Waals surface area (Å²) in [6.07, 6.45) is 5.62. The lowest BCUT2D eigenvalue weighted by Crippen LogP contribution is -2.54. The van der Waals surface area contributed by atoms with E-state index in [4.69, 9.17) is 13.3 Å². The van der Waals surface area contributed by atoms with Gasteiger partial charge in [-0.2, -0.15) is 0 Å². The predicted octanol–water partition coefficient (Wildman–Crippen LogP) is 3.24. The van der Waals surface area contributed by atoms with Gasteiger partial charge in [-0.3, -0.25) is 4.79 Å². The zero-order chi connectivity index (χ0) is 14.5. The average Bonchev–Trinajstić information content (AvgIpc) is 2.41. The number of rotatable bonds is 6. The van der Waals surface area contributed by atoms with E-state index < -0.39 is 8.80 Å². The molecule has 0 heterocycles. The molecule has 6 heteroatoms. The molecule has 0 aromatic rings. The van der Waals surface area contributed by atoms with Gasteiger partial charge in [0, 0.05) is 38.5 Å². The summed E-state index contributed by atoms with van der Waals surface area (Å²) in [6, 6.07) is 0. The highest BCUT2D eigenvalue weighted by molar-refractivity contribution is 8.14. The third-order valence-corrected chi connectivity index (χ3v) is 9.21. The molecule has 112 valence electrons. The number of carbonyl (C=O) groups is 1. The first kappa shape index (κ1) is 17.2. The summed E-state index contributed by atoms with van der Waals surface area (Å²) in [7, 11) is 2.21. The molecule has 1 saturated carbocycles. The fraction of sp³-hybridized carbons (Fsp3) is 0.923. The average molecular weight is 307 g/mol. The van der Waals surface area contributed by atoms with Gasteiger partial charge in [0.25, 0.3) is 0 Å². The van der Waals surface area contributed by atoms with Crippen LogP contribution in [0.5, 0.6) is 0 Å². The fourth-order valence-electron chi connectivity index (χ4n) is 3.16. The minimum atomic E-state index is -2.72. The van der Waals surface area contributed by atoms with E-state index in [0.717, 1.165) is 25.7 Å². The standard InChI is InChI=1S/C13H26O4SSi/c1-11(19(15-3,16-4)17-5)13(18-12(2)14)9-7-6-8-10-13/h11H,6-10H2,1-5H3. The van der Waals surface area contributed by atoms with Crippen LogP contribution in [-0.4, -0.2) is 40.0 Å². The third kappa shape index (κ3) is 3.61. The van der Waals surface area contributed by atoms with Gasteiger partial charge in [0.05, 0.1) is 0 Å². The van der Waals surface area contributed by atoms with Crippen LogP contribution in [0.25, 0.3) is 0 Å². The summed E-state index contributed by atoms with van der Waals surface area (Å²) >= 11 is 1.46. The second kappa shape index (κ2) is 7.22. The smallest absolute Gasteiger partial charge is 0.377 e.